The summed E-state index contributed by atoms with van der Waals surface area (Å²) >= 11 is 0. The van der Waals surface area contributed by atoms with Gasteiger partial charge < -0.3 is 0 Å². The van der Waals surface area contributed by atoms with Gasteiger partial charge in [0.05, 0.1) is 6.54 Å². The molecule has 1 fully saturated rings. The summed E-state index contributed by atoms with van der Waals surface area (Å²) in [6, 6.07) is 10.9. The summed E-state index contributed by atoms with van der Waals surface area (Å²) in [7, 11) is 0. The fourth-order valence-corrected chi connectivity index (χ4v) is 1.84. The normalized spacial score (nSPS) is 16.8. The highest BCUT2D eigenvalue weighted by Gasteiger charge is 2.07. The van der Waals surface area contributed by atoms with E-state index in [0.29, 0.717) is 0 Å². The SMILES string of the molecule is C(#Cc1c[c]ccc1)CN1CCCCC1. The van der Waals surface area contributed by atoms with Gasteiger partial charge in [0.1, 0.15) is 0 Å². The molecular formula is C14H16N. The van der Waals surface area contributed by atoms with Crippen LogP contribution in [-0.2, 0) is 0 Å². The minimum Gasteiger partial charge on any atom is -0.292 e. The fourth-order valence-electron chi connectivity index (χ4n) is 1.84. The van der Waals surface area contributed by atoms with E-state index in [1.807, 2.05) is 24.3 Å². The van der Waals surface area contributed by atoms with Gasteiger partial charge in [-0.15, -0.1) is 0 Å². The van der Waals surface area contributed by atoms with E-state index in [-0.39, 0.29) is 0 Å². The molecule has 0 spiro atoms. The second kappa shape index (κ2) is 5.58. The maximum absolute atomic E-state index is 3.23. The lowest BCUT2D eigenvalue weighted by Crippen LogP contribution is -2.29. The molecule has 1 nitrogen and oxygen atoms in total. The van der Waals surface area contributed by atoms with E-state index in [4.69, 9.17) is 0 Å². The van der Waals surface area contributed by atoms with E-state index >= 15 is 0 Å². The number of likely N-dealkylation sites (tertiary alicyclic amines) is 1. The maximum atomic E-state index is 3.23. The van der Waals surface area contributed by atoms with Gasteiger partial charge in [0.2, 0.25) is 0 Å². The molecule has 0 unspecified atom stereocenters. The van der Waals surface area contributed by atoms with Crippen LogP contribution in [0.3, 0.4) is 0 Å². The third-order valence-electron chi connectivity index (χ3n) is 2.69. The molecule has 0 atom stereocenters. The molecule has 1 heterocycles. The maximum Gasteiger partial charge on any atom is 0.0605 e. The van der Waals surface area contributed by atoms with Crippen LogP contribution in [0.2, 0.25) is 0 Å². The average Bonchev–Trinajstić information content (AvgIpc) is 2.32. The van der Waals surface area contributed by atoms with Gasteiger partial charge >= 0.3 is 0 Å². The molecule has 0 aromatic heterocycles. The number of piperidine rings is 1. The highest BCUT2D eigenvalue weighted by atomic mass is 15.1. The Morgan fingerprint density at radius 3 is 2.87 bits per heavy atom. The van der Waals surface area contributed by atoms with Crippen molar-refractivity contribution in [1.82, 2.24) is 4.90 Å². The Labute approximate surface area is 92.1 Å². The van der Waals surface area contributed by atoms with Crippen molar-refractivity contribution >= 4 is 0 Å². The molecule has 1 saturated heterocycles. The number of hydrogen-bond donors (Lipinski definition) is 0. The van der Waals surface area contributed by atoms with Crippen molar-refractivity contribution in [3.63, 3.8) is 0 Å². The van der Waals surface area contributed by atoms with Crippen LogP contribution in [0.4, 0.5) is 0 Å². The molecule has 0 amide bonds. The zero-order valence-electron chi connectivity index (χ0n) is 9.00. The molecule has 1 aliphatic heterocycles. The zero-order chi connectivity index (χ0) is 10.3. The number of rotatable bonds is 1. The first-order valence-electron chi connectivity index (χ1n) is 5.62. The Hall–Kier alpha value is -1.26. The third-order valence-corrected chi connectivity index (χ3v) is 2.69. The predicted octanol–water partition coefficient (Wildman–Crippen LogP) is 2.32. The highest BCUT2D eigenvalue weighted by molar-refractivity contribution is 5.33. The zero-order valence-corrected chi connectivity index (χ0v) is 9.00. The first-order valence-corrected chi connectivity index (χ1v) is 5.62. The molecule has 1 heteroatoms. The van der Waals surface area contributed by atoms with Crippen LogP contribution in [-0.4, -0.2) is 24.5 Å². The summed E-state index contributed by atoms with van der Waals surface area (Å²) in [6.45, 7) is 3.35. The van der Waals surface area contributed by atoms with Crippen molar-refractivity contribution in [3.05, 3.63) is 35.9 Å². The minimum atomic E-state index is 0.912. The van der Waals surface area contributed by atoms with E-state index in [9.17, 15) is 0 Å². The standard InChI is InChI=1S/C14H16N/c1-3-8-14(9-4-1)10-7-13-15-11-5-2-6-12-15/h1,3,8-9H,2,5-6,11-13H2. The van der Waals surface area contributed by atoms with Crippen molar-refractivity contribution in [2.45, 2.75) is 19.3 Å². The van der Waals surface area contributed by atoms with Crippen LogP contribution in [0.1, 0.15) is 24.8 Å². The number of hydrogen-bond acceptors (Lipinski definition) is 1. The summed E-state index contributed by atoms with van der Waals surface area (Å²) < 4.78 is 0. The van der Waals surface area contributed by atoms with Gasteiger partial charge in [0.25, 0.3) is 0 Å². The molecule has 1 aliphatic rings. The predicted molar refractivity (Wildman–Crippen MR) is 62.4 cm³/mol. The van der Waals surface area contributed by atoms with Gasteiger partial charge in [-0.3, -0.25) is 4.90 Å². The Balaban J connectivity index is 1.84. The smallest absolute Gasteiger partial charge is 0.0605 e. The average molecular weight is 198 g/mol. The Morgan fingerprint density at radius 1 is 1.27 bits per heavy atom. The van der Waals surface area contributed by atoms with Gasteiger partial charge in [-0.25, -0.2) is 0 Å². The lowest BCUT2D eigenvalue weighted by atomic mass is 10.1. The topological polar surface area (TPSA) is 3.24 Å². The van der Waals surface area contributed by atoms with Gasteiger partial charge in [0, 0.05) is 5.56 Å². The van der Waals surface area contributed by atoms with Gasteiger partial charge in [0.15, 0.2) is 0 Å². The molecule has 0 aliphatic carbocycles. The van der Waals surface area contributed by atoms with E-state index in [1.54, 1.807) is 0 Å². The van der Waals surface area contributed by atoms with Crippen LogP contribution < -0.4 is 0 Å². The van der Waals surface area contributed by atoms with Gasteiger partial charge in [-0.2, -0.15) is 0 Å². The lowest BCUT2D eigenvalue weighted by molar-refractivity contribution is 0.255. The quantitative estimate of drug-likeness (QED) is 0.626. The van der Waals surface area contributed by atoms with Crippen molar-refractivity contribution in [2.75, 3.05) is 19.6 Å². The van der Waals surface area contributed by atoms with E-state index in [0.717, 1.165) is 12.1 Å². The minimum absolute atomic E-state index is 0.912. The fraction of sp³-hybridized carbons (Fsp3) is 0.429. The molecule has 0 bridgehead atoms. The molecule has 1 aromatic rings. The number of benzene rings is 1. The van der Waals surface area contributed by atoms with Crippen molar-refractivity contribution in [3.8, 4) is 11.8 Å². The first kappa shape index (κ1) is 10.3. The number of nitrogens with zero attached hydrogens (tertiary/aromatic N) is 1. The van der Waals surface area contributed by atoms with Crippen LogP contribution in [0.15, 0.2) is 24.3 Å². The van der Waals surface area contributed by atoms with Crippen molar-refractivity contribution < 1.29 is 0 Å². The molecule has 1 aromatic carbocycles. The molecule has 0 saturated carbocycles. The Morgan fingerprint density at radius 2 is 2.13 bits per heavy atom. The lowest BCUT2D eigenvalue weighted by Gasteiger charge is -2.23. The molecule has 15 heavy (non-hydrogen) atoms. The van der Waals surface area contributed by atoms with Gasteiger partial charge in [-0.1, -0.05) is 30.4 Å². The molecule has 2 rings (SSSR count). The first-order chi connectivity index (χ1) is 7.45. The van der Waals surface area contributed by atoms with Crippen molar-refractivity contribution in [2.24, 2.45) is 0 Å². The van der Waals surface area contributed by atoms with Crippen LogP contribution >= 0.6 is 0 Å². The summed E-state index contributed by atoms with van der Waals surface area (Å²) in [4.78, 5) is 2.43. The second-order valence-corrected chi connectivity index (χ2v) is 3.93. The molecular weight excluding hydrogens is 182 g/mol. The highest BCUT2D eigenvalue weighted by Crippen LogP contribution is 2.07. The van der Waals surface area contributed by atoms with Crippen LogP contribution in [0, 0.1) is 17.9 Å². The van der Waals surface area contributed by atoms with E-state index in [1.165, 1.54) is 32.4 Å². The molecule has 0 N–H and O–H groups in total. The summed E-state index contributed by atoms with van der Waals surface area (Å²) in [5.74, 6) is 6.40. The van der Waals surface area contributed by atoms with Crippen LogP contribution in [0.25, 0.3) is 0 Å². The van der Waals surface area contributed by atoms with Gasteiger partial charge in [-0.05, 0) is 44.1 Å². The second-order valence-electron chi connectivity index (χ2n) is 3.93. The Bertz CT molecular complexity index is 339. The largest absolute Gasteiger partial charge is 0.292 e. The van der Waals surface area contributed by atoms with E-state index in [2.05, 4.69) is 22.8 Å². The van der Waals surface area contributed by atoms with E-state index < -0.39 is 0 Å². The summed E-state index contributed by atoms with van der Waals surface area (Å²) in [5, 5.41) is 0. The molecule has 77 valence electrons. The third kappa shape index (κ3) is 3.42. The van der Waals surface area contributed by atoms with Crippen LogP contribution in [0.5, 0.6) is 0 Å². The van der Waals surface area contributed by atoms with Crippen molar-refractivity contribution in [1.29, 1.82) is 0 Å². The molecule has 1 radical (unpaired) electrons. The summed E-state index contributed by atoms with van der Waals surface area (Å²) in [5.41, 5.74) is 1.06. The Kier molecular flexibility index (Phi) is 3.82. The monoisotopic (exact) mass is 198 g/mol. The summed E-state index contributed by atoms with van der Waals surface area (Å²) in [6.07, 6.45) is 4.05.